The Labute approximate surface area is 190 Å². The van der Waals surface area contributed by atoms with Crippen molar-refractivity contribution in [3.8, 4) is 11.3 Å². The van der Waals surface area contributed by atoms with Crippen LogP contribution in [0, 0.1) is 6.92 Å². The quantitative estimate of drug-likeness (QED) is 0.250. The third kappa shape index (κ3) is 2.91. The summed E-state index contributed by atoms with van der Waals surface area (Å²) in [6.45, 7) is 9.08. The summed E-state index contributed by atoms with van der Waals surface area (Å²) in [4.78, 5) is 6.26. The lowest BCUT2D eigenvalue weighted by atomic mass is 9.82. The lowest BCUT2D eigenvalue weighted by Gasteiger charge is -2.22. The molecule has 0 fully saturated rings. The Morgan fingerprint density at radius 1 is 0.774 bits per heavy atom. The molecule has 1 nitrogen and oxygen atoms in total. The van der Waals surface area contributed by atoms with Crippen LogP contribution >= 0.6 is 22.7 Å². The van der Waals surface area contributed by atoms with E-state index < -0.39 is 0 Å². The summed E-state index contributed by atoms with van der Waals surface area (Å²) in [5, 5.41) is 6.66. The van der Waals surface area contributed by atoms with E-state index in [1.165, 1.54) is 57.0 Å². The molecular formula is C28H23NS2. The van der Waals surface area contributed by atoms with Gasteiger partial charge in [0.25, 0.3) is 0 Å². The van der Waals surface area contributed by atoms with Crippen molar-refractivity contribution < 1.29 is 0 Å². The smallest absolute Gasteiger partial charge is 0.0880 e. The molecule has 0 saturated heterocycles. The number of thiophene rings is 2. The largest absolute Gasteiger partial charge is 0.255 e. The summed E-state index contributed by atoms with van der Waals surface area (Å²) < 4.78 is 4.02. The minimum atomic E-state index is 0.0599. The van der Waals surface area contributed by atoms with Crippen LogP contribution in [0.1, 0.15) is 31.2 Å². The van der Waals surface area contributed by atoms with E-state index in [9.17, 15) is 0 Å². The maximum atomic E-state index is 4.90. The molecule has 6 rings (SSSR count). The normalized spacial score (nSPS) is 12.5. The van der Waals surface area contributed by atoms with Crippen molar-refractivity contribution in [3.63, 3.8) is 0 Å². The number of hydrogen-bond acceptors (Lipinski definition) is 3. The van der Waals surface area contributed by atoms with Crippen LogP contribution in [0.2, 0.25) is 0 Å². The van der Waals surface area contributed by atoms with E-state index in [2.05, 4.69) is 88.4 Å². The van der Waals surface area contributed by atoms with Crippen molar-refractivity contribution >= 4 is 63.7 Å². The second-order valence-corrected chi connectivity index (χ2v) is 11.7. The molecule has 0 saturated carbocycles. The zero-order valence-corrected chi connectivity index (χ0v) is 19.7. The summed E-state index contributed by atoms with van der Waals surface area (Å²) in [7, 11) is 0. The highest BCUT2D eigenvalue weighted by atomic mass is 32.1. The van der Waals surface area contributed by atoms with Gasteiger partial charge >= 0.3 is 0 Å². The van der Waals surface area contributed by atoms with Gasteiger partial charge in [0.05, 0.1) is 10.4 Å². The van der Waals surface area contributed by atoms with Gasteiger partial charge in [-0.2, -0.15) is 0 Å². The van der Waals surface area contributed by atoms with Crippen LogP contribution in [0.15, 0.2) is 66.9 Å². The average molecular weight is 438 g/mol. The highest BCUT2D eigenvalue weighted by Gasteiger charge is 2.20. The van der Waals surface area contributed by atoms with Crippen LogP contribution in [0.3, 0.4) is 0 Å². The number of aryl methyl sites for hydroxylation is 1. The van der Waals surface area contributed by atoms with Crippen molar-refractivity contribution in [3.05, 3.63) is 77.3 Å². The summed E-state index contributed by atoms with van der Waals surface area (Å²) in [6, 6.07) is 22.4. The second kappa shape index (κ2) is 6.62. The van der Waals surface area contributed by atoms with Gasteiger partial charge < -0.3 is 0 Å². The van der Waals surface area contributed by atoms with Gasteiger partial charge in [0.2, 0.25) is 0 Å². The maximum Gasteiger partial charge on any atom is 0.0880 e. The van der Waals surface area contributed by atoms with Crippen molar-refractivity contribution in [1.29, 1.82) is 0 Å². The van der Waals surface area contributed by atoms with Crippen LogP contribution in [0.5, 0.6) is 0 Å². The molecule has 0 N–H and O–H groups in total. The average Bonchev–Trinajstić information content (AvgIpc) is 3.31. The molecular weight excluding hydrogens is 414 g/mol. The first-order chi connectivity index (χ1) is 14.9. The van der Waals surface area contributed by atoms with E-state index in [1.807, 2.05) is 28.9 Å². The number of nitrogens with zero attached hydrogens (tertiary/aromatic N) is 1. The van der Waals surface area contributed by atoms with Gasteiger partial charge in [-0.1, -0.05) is 51.1 Å². The number of pyridine rings is 1. The van der Waals surface area contributed by atoms with Crippen molar-refractivity contribution in [2.24, 2.45) is 0 Å². The Morgan fingerprint density at radius 2 is 1.61 bits per heavy atom. The number of hydrogen-bond donors (Lipinski definition) is 0. The molecule has 0 unspecified atom stereocenters. The molecule has 0 amide bonds. The third-order valence-corrected chi connectivity index (χ3v) is 8.36. The fourth-order valence-electron chi connectivity index (χ4n) is 4.69. The minimum absolute atomic E-state index is 0.0599. The Morgan fingerprint density at radius 3 is 2.45 bits per heavy atom. The van der Waals surface area contributed by atoms with Gasteiger partial charge in [-0.3, -0.25) is 4.98 Å². The molecule has 3 aromatic carbocycles. The predicted molar refractivity (Wildman–Crippen MR) is 139 cm³/mol. The van der Waals surface area contributed by atoms with Crippen LogP contribution in [0.25, 0.3) is 52.3 Å². The molecule has 3 aromatic heterocycles. The fourth-order valence-corrected chi connectivity index (χ4v) is 7.04. The van der Waals surface area contributed by atoms with Gasteiger partial charge in [-0.25, -0.2) is 0 Å². The van der Waals surface area contributed by atoms with Crippen LogP contribution < -0.4 is 0 Å². The molecule has 0 aliphatic heterocycles. The first-order valence-corrected chi connectivity index (χ1v) is 12.3. The first kappa shape index (κ1) is 19.0. The van der Waals surface area contributed by atoms with E-state index in [0.717, 1.165) is 5.69 Å². The number of rotatable bonds is 1. The maximum absolute atomic E-state index is 4.90. The standard InChI is InChI=1S/C28H23NS2/c1-16-13-18-9-10-23-24(26(18)30-16)21-11-12-29-25(27(21)31-23)19-14-17-7-5-6-8-20(17)22(15-19)28(2,3)4/h5-15H,1-4H3. The SMILES string of the molecule is Cc1cc2ccc3sc4c(-c5cc(C(C)(C)C)c6ccccc6c5)nccc4c3c2s1. The van der Waals surface area contributed by atoms with E-state index in [0.29, 0.717) is 0 Å². The van der Waals surface area contributed by atoms with Crippen LogP contribution in [-0.4, -0.2) is 4.98 Å². The van der Waals surface area contributed by atoms with Crippen molar-refractivity contribution in [1.82, 2.24) is 4.98 Å². The molecule has 0 spiro atoms. The van der Waals surface area contributed by atoms with Gasteiger partial charge in [-0.05, 0) is 64.4 Å². The summed E-state index contributed by atoms with van der Waals surface area (Å²) in [6.07, 6.45) is 1.98. The molecule has 6 aromatic rings. The zero-order chi connectivity index (χ0) is 21.3. The molecule has 0 bridgehead atoms. The molecule has 0 radical (unpaired) electrons. The summed E-state index contributed by atoms with van der Waals surface area (Å²) >= 11 is 3.77. The van der Waals surface area contributed by atoms with E-state index in [1.54, 1.807) is 0 Å². The number of fused-ring (bicyclic) bond motifs is 6. The Balaban J connectivity index is 1.71. The van der Waals surface area contributed by atoms with Gasteiger partial charge in [0.15, 0.2) is 0 Å². The van der Waals surface area contributed by atoms with Gasteiger partial charge in [0, 0.05) is 36.8 Å². The van der Waals surface area contributed by atoms with Crippen LogP contribution in [0.4, 0.5) is 0 Å². The Hall–Kier alpha value is -2.75. The molecule has 0 atom stereocenters. The Kier molecular flexibility index (Phi) is 4.05. The second-order valence-electron chi connectivity index (χ2n) is 9.35. The molecule has 0 aliphatic carbocycles. The van der Waals surface area contributed by atoms with E-state index in [-0.39, 0.29) is 5.41 Å². The lowest BCUT2D eigenvalue weighted by molar-refractivity contribution is 0.596. The number of aromatic nitrogens is 1. The first-order valence-electron chi connectivity index (χ1n) is 10.6. The fraction of sp³-hybridized carbons (Fsp3) is 0.179. The third-order valence-electron chi connectivity index (χ3n) is 6.10. The molecule has 152 valence electrons. The van der Waals surface area contributed by atoms with E-state index >= 15 is 0 Å². The molecule has 3 heteroatoms. The molecule has 3 heterocycles. The van der Waals surface area contributed by atoms with Crippen molar-refractivity contribution in [2.75, 3.05) is 0 Å². The predicted octanol–water partition coefficient (Wildman–Crippen LogP) is 9.09. The topological polar surface area (TPSA) is 12.9 Å². The monoisotopic (exact) mass is 437 g/mol. The Bertz CT molecular complexity index is 1630. The number of benzene rings is 3. The lowest BCUT2D eigenvalue weighted by Crippen LogP contribution is -2.12. The molecule has 0 aliphatic rings. The highest BCUT2D eigenvalue weighted by Crippen LogP contribution is 2.45. The summed E-state index contributed by atoms with van der Waals surface area (Å²) in [5.74, 6) is 0. The van der Waals surface area contributed by atoms with Crippen molar-refractivity contribution in [2.45, 2.75) is 33.1 Å². The van der Waals surface area contributed by atoms with E-state index in [4.69, 9.17) is 4.98 Å². The zero-order valence-electron chi connectivity index (χ0n) is 18.1. The molecule has 31 heavy (non-hydrogen) atoms. The highest BCUT2D eigenvalue weighted by molar-refractivity contribution is 7.28. The van der Waals surface area contributed by atoms with Gasteiger partial charge in [0.1, 0.15) is 0 Å². The van der Waals surface area contributed by atoms with Gasteiger partial charge in [-0.15, -0.1) is 22.7 Å². The summed E-state index contributed by atoms with van der Waals surface area (Å²) in [5.41, 5.74) is 3.73. The minimum Gasteiger partial charge on any atom is -0.255 e. The van der Waals surface area contributed by atoms with Crippen LogP contribution in [-0.2, 0) is 5.41 Å².